The highest BCUT2D eigenvalue weighted by molar-refractivity contribution is 5.67. The molecule has 1 saturated heterocycles. The van der Waals surface area contributed by atoms with Crippen LogP contribution in [-0.2, 0) is 5.54 Å². The topological polar surface area (TPSA) is 29.4 Å². The van der Waals surface area contributed by atoms with E-state index < -0.39 is 0 Å². The number of ether oxygens (including phenoxy) is 1. The molecule has 0 amide bonds. The fraction of sp³-hybridized carbons (Fsp3) is 0.304. The molecule has 2 aromatic carbocycles. The number of hydrogen-bond donors (Lipinski definition) is 1. The number of benzene rings is 2. The van der Waals surface area contributed by atoms with Crippen LogP contribution in [0, 0.1) is 0 Å². The minimum absolute atomic E-state index is 0.0250. The molecule has 1 unspecified atom stereocenters. The number of rotatable bonds is 4. The smallest absolute Gasteiger partial charge is 0.119 e. The van der Waals surface area contributed by atoms with E-state index in [0.29, 0.717) is 0 Å². The number of likely N-dealkylation sites (tertiary alicyclic amines) is 1. The van der Waals surface area contributed by atoms with Crippen LogP contribution in [-0.4, -0.2) is 35.7 Å². The maximum Gasteiger partial charge on any atom is 0.119 e. The van der Waals surface area contributed by atoms with Crippen molar-refractivity contribution in [3.05, 3.63) is 78.6 Å². The largest absolute Gasteiger partial charge is 0.492 e. The summed E-state index contributed by atoms with van der Waals surface area (Å²) in [5.41, 5.74) is 3.81. The number of fused-ring (bicyclic) bond motifs is 4. The Bertz CT molecular complexity index is 920. The van der Waals surface area contributed by atoms with Gasteiger partial charge in [-0.3, -0.25) is 4.90 Å². The average Bonchev–Trinajstić information content (AvgIpc) is 3.21. The average molecular weight is 359 g/mol. The van der Waals surface area contributed by atoms with Gasteiger partial charge in [0.1, 0.15) is 12.4 Å². The number of para-hydroxylation sites is 3. The molecule has 4 heteroatoms. The molecular weight excluding hydrogens is 334 g/mol. The first kappa shape index (κ1) is 16.5. The van der Waals surface area contributed by atoms with Gasteiger partial charge in [0.25, 0.3) is 0 Å². The first-order chi connectivity index (χ1) is 13.3. The van der Waals surface area contributed by atoms with E-state index in [1.54, 1.807) is 0 Å². The predicted octanol–water partition coefficient (Wildman–Crippen LogP) is 4.27. The molecule has 0 bridgehead atoms. The van der Waals surface area contributed by atoms with Crippen molar-refractivity contribution >= 4 is 5.69 Å². The van der Waals surface area contributed by atoms with E-state index in [1.807, 2.05) is 30.3 Å². The molecule has 2 aliphatic heterocycles. The molecule has 3 heterocycles. The first-order valence-electron chi connectivity index (χ1n) is 9.80. The lowest BCUT2D eigenvalue weighted by Gasteiger charge is -2.47. The van der Waals surface area contributed by atoms with Crippen molar-refractivity contribution in [3.8, 4) is 11.4 Å². The van der Waals surface area contributed by atoms with Crippen molar-refractivity contribution in [1.29, 1.82) is 0 Å². The second kappa shape index (κ2) is 6.78. The Morgan fingerprint density at radius 3 is 2.74 bits per heavy atom. The molecule has 1 spiro atoms. The van der Waals surface area contributed by atoms with Crippen LogP contribution in [0.2, 0.25) is 0 Å². The monoisotopic (exact) mass is 359 g/mol. The van der Waals surface area contributed by atoms with Crippen LogP contribution in [0.1, 0.15) is 18.5 Å². The van der Waals surface area contributed by atoms with Gasteiger partial charge in [0, 0.05) is 25.0 Å². The van der Waals surface area contributed by atoms with Crippen LogP contribution in [0.15, 0.2) is 72.9 Å². The van der Waals surface area contributed by atoms with Crippen molar-refractivity contribution in [1.82, 2.24) is 9.47 Å². The van der Waals surface area contributed by atoms with Crippen molar-refractivity contribution in [2.24, 2.45) is 0 Å². The molecule has 27 heavy (non-hydrogen) atoms. The molecule has 5 rings (SSSR count). The van der Waals surface area contributed by atoms with Gasteiger partial charge in [-0.2, -0.15) is 0 Å². The molecule has 2 aliphatic rings. The Morgan fingerprint density at radius 2 is 1.81 bits per heavy atom. The van der Waals surface area contributed by atoms with Crippen molar-refractivity contribution in [3.63, 3.8) is 0 Å². The van der Waals surface area contributed by atoms with E-state index in [9.17, 15) is 0 Å². The molecule has 1 atom stereocenters. The molecule has 1 fully saturated rings. The van der Waals surface area contributed by atoms with Crippen LogP contribution >= 0.6 is 0 Å². The summed E-state index contributed by atoms with van der Waals surface area (Å²) in [6.07, 6.45) is 4.53. The Kier molecular flexibility index (Phi) is 4.13. The van der Waals surface area contributed by atoms with E-state index in [1.165, 1.54) is 23.5 Å². The molecule has 4 nitrogen and oxygen atoms in total. The van der Waals surface area contributed by atoms with Crippen LogP contribution in [0.4, 0.5) is 5.69 Å². The van der Waals surface area contributed by atoms with Crippen molar-refractivity contribution < 1.29 is 4.74 Å². The van der Waals surface area contributed by atoms with Gasteiger partial charge in [0.15, 0.2) is 0 Å². The number of piperidine rings is 1. The van der Waals surface area contributed by atoms with E-state index in [0.717, 1.165) is 38.4 Å². The van der Waals surface area contributed by atoms with Crippen LogP contribution in [0.25, 0.3) is 5.69 Å². The highest BCUT2D eigenvalue weighted by Crippen LogP contribution is 2.42. The molecule has 138 valence electrons. The summed E-state index contributed by atoms with van der Waals surface area (Å²) < 4.78 is 8.28. The van der Waals surface area contributed by atoms with E-state index >= 15 is 0 Å². The summed E-state index contributed by atoms with van der Waals surface area (Å²) in [4.78, 5) is 2.53. The van der Waals surface area contributed by atoms with E-state index in [4.69, 9.17) is 4.74 Å². The summed E-state index contributed by atoms with van der Waals surface area (Å²) in [6.45, 7) is 3.80. The number of hydrogen-bond acceptors (Lipinski definition) is 3. The fourth-order valence-electron chi connectivity index (χ4n) is 4.55. The lowest BCUT2D eigenvalue weighted by Crippen LogP contribution is -2.53. The standard InChI is InChI=1S/C23H25N3O/c1-2-8-19(9-3-1)27-17-16-25-14-7-13-23(18-25)22-12-6-15-26(22)21-11-5-4-10-20(21)24-23/h1-6,8-12,15,24H,7,13-14,16-18H2. The van der Waals surface area contributed by atoms with Crippen molar-refractivity contribution in [2.45, 2.75) is 18.4 Å². The van der Waals surface area contributed by atoms with Gasteiger partial charge < -0.3 is 14.6 Å². The minimum Gasteiger partial charge on any atom is -0.492 e. The summed E-state index contributed by atoms with van der Waals surface area (Å²) in [5.74, 6) is 0.947. The third-order valence-corrected chi connectivity index (χ3v) is 5.77. The molecule has 1 aromatic heterocycles. The molecule has 0 saturated carbocycles. The van der Waals surface area contributed by atoms with Crippen LogP contribution < -0.4 is 10.1 Å². The number of nitrogens with zero attached hydrogens (tertiary/aromatic N) is 2. The number of aromatic nitrogens is 1. The zero-order valence-electron chi connectivity index (χ0n) is 15.5. The molecule has 1 N–H and O–H groups in total. The second-order valence-corrected chi connectivity index (χ2v) is 7.53. The highest BCUT2D eigenvalue weighted by Gasteiger charge is 2.42. The minimum atomic E-state index is -0.0250. The third kappa shape index (κ3) is 3.00. The van der Waals surface area contributed by atoms with Gasteiger partial charge >= 0.3 is 0 Å². The molecular formula is C23H25N3O. The van der Waals surface area contributed by atoms with Crippen LogP contribution in [0.5, 0.6) is 5.75 Å². The van der Waals surface area contributed by atoms with Gasteiger partial charge in [-0.15, -0.1) is 0 Å². The zero-order chi connectivity index (χ0) is 18.1. The SMILES string of the molecule is c1ccc(OCCN2CCCC3(C2)Nc2ccccc2-n2cccc23)cc1. The maximum absolute atomic E-state index is 5.93. The second-order valence-electron chi connectivity index (χ2n) is 7.53. The zero-order valence-corrected chi connectivity index (χ0v) is 15.5. The Balaban J connectivity index is 1.33. The Labute approximate surface area is 160 Å². The summed E-state index contributed by atoms with van der Waals surface area (Å²) >= 11 is 0. The maximum atomic E-state index is 5.93. The quantitative estimate of drug-likeness (QED) is 0.754. The van der Waals surface area contributed by atoms with E-state index in [2.05, 4.69) is 57.4 Å². The first-order valence-corrected chi connectivity index (χ1v) is 9.80. The van der Waals surface area contributed by atoms with Gasteiger partial charge in [-0.25, -0.2) is 0 Å². The van der Waals surface area contributed by atoms with E-state index in [-0.39, 0.29) is 5.54 Å². The molecule has 3 aromatic rings. The summed E-state index contributed by atoms with van der Waals surface area (Å²) in [6, 6.07) is 23.1. The lowest BCUT2D eigenvalue weighted by molar-refractivity contribution is 0.133. The predicted molar refractivity (Wildman–Crippen MR) is 109 cm³/mol. The summed E-state index contributed by atoms with van der Waals surface area (Å²) in [7, 11) is 0. The van der Waals surface area contributed by atoms with Gasteiger partial charge in [0.2, 0.25) is 0 Å². The van der Waals surface area contributed by atoms with Crippen molar-refractivity contribution in [2.75, 3.05) is 31.6 Å². The van der Waals surface area contributed by atoms with Gasteiger partial charge in [0.05, 0.1) is 16.9 Å². The summed E-state index contributed by atoms with van der Waals surface area (Å²) in [5, 5.41) is 3.89. The normalized spacial score (nSPS) is 21.3. The van der Waals surface area contributed by atoms with Gasteiger partial charge in [-0.1, -0.05) is 30.3 Å². The van der Waals surface area contributed by atoms with Crippen LogP contribution in [0.3, 0.4) is 0 Å². The molecule has 0 radical (unpaired) electrons. The van der Waals surface area contributed by atoms with Gasteiger partial charge in [-0.05, 0) is 55.8 Å². The fourth-order valence-corrected chi connectivity index (χ4v) is 4.55. The number of anilines is 1. The Morgan fingerprint density at radius 1 is 0.963 bits per heavy atom. The molecule has 0 aliphatic carbocycles. The number of nitrogens with one attached hydrogen (secondary N) is 1. The highest BCUT2D eigenvalue weighted by atomic mass is 16.5. The third-order valence-electron chi connectivity index (χ3n) is 5.77. The Hall–Kier alpha value is -2.72. The lowest BCUT2D eigenvalue weighted by atomic mass is 9.83.